The zero-order valence-corrected chi connectivity index (χ0v) is 24.1. The van der Waals surface area contributed by atoms with Gasteiger partial charge in [-0.15, -0.1) is 0 Å². The largest absolute Gasteiger partial charge is 0.495 e. The van der Waals surface area contributed by atoms with Crippen LogP contribution in [0.2, 0.25) is 10.0 Å². The molecule has 4 rings (SSSR count). The van der Waals surface area contributed by atoms with Gasteiger partial charge < -0.3 is 19.3 Å². The number of anilines is 1. The molecule has 1 aromatic carbocycles. The summed E-state index contributed by atoms with van der Waals surface area (Å²) >= 11 is 13.4. The van der Waals surface area contributed by atoms with Gasteiger partial charge in [0.2, 0.25) is 11.9 Å². The minimum Gasteiger partial charge on any atom is -0.495 e. The average Bonchev–Trinajstić information content (AvgIpc) is 2.94. The predicted molar refractivity (Wildman–Crippen MR) is 155 cm³/mol. The standard InChI is InChI=1S/C27H32Cl2N6O4/c1-6-21(36)34-12-10-33(11-13-34)8-7-9-35-25-17(16-30-27(31-25)32(2)3)14-18(26(35)37)22-23(28)19(38-4)15-20(39-5)24(22)29/h6,14-16H,1,7-13H2,2-5H3. The lowest BCUT2D eigenvalue weighted by Gasteiger charge is -2.34. The first-order valence-corrected chi connectivity index (χ1v) is 13.3. The molecule has 10 nitrogen and oxygen atoms in total. The van der Waals surface area contributed by atoms with E-state index in [0.29, 0.717) is 65.7 Å². The van der Waals surface area contributed by atoms with Crippen LogP contribution in [-0.4, -0.2) is 91.3 Å². The van der Waals surface area contributed by atoms with Crippen molar-refractivity contribution in [1.29, 1.82) is 0 Å². The van der Waals surface area contributed by atoms with Gasteiger partial charge in [-0.1, -0.05) is 29.8 Å². The molecule has 0 bridgehead atoms. The number of methoxy groups -OCH3 is 2. The fourth-order valence-corrected chi connectivity index (χ4v) is 5.35. The number of amides is 1. The molecule has 0 atom stereocenters. The third kappa shape index (κ3) is 5.83. The molecule has 1 fully saturated rings. The van der Waals surface area contributed by atoms with Gasteiger partial charge in [-0.05, 0) is 25.1 Å². The van der Waals surface area contributed by atoms with Crippen LogP contribution in [0.1, 0.15) is 6.42 Å². The van der Waals surface area contributed by atoms with Crippen molar-refractivity contribution in [2.24, 2.45) is 0 Å². The summed E-state index contributed by atoms with van der Waals surface area (Å²) < 4.78 is 12.5. The van der Waals surface area contributed by atoms with Crippen molar-refractivity contribution in [3.8, 4) is 22.6 Å². The van der Waals surface area contributed by atoms with Crippen LogP contribution < -0.4 is 19.9 Å². The minimum absolute atomic E-state index is 0.0487. The number of benzene rings is 1. The maximum absolute atomic E-state index is 14.0. The first-order valence-electron chi connectivity index (χ1n) is 12.5. The van der Waals surface area contributed by atoms with Crippen LogP contribution in [0.4, 0.5) is 5.95 Å². The van der Waals surface area contributed by atoms with Gasteiger partial charge in [-0.2, -0.15) is 4.98 Å². The Labute approximate surface area is 237 Å². The van der Waals surface area contributed by atoms with Crippen molar-refractivity contribution in [3.05, 3.63) is 51.4 Å². The Bertz CT molecular complexity index is 1420. The molecular formula is C27H32Cl2N6O4. The molecule has 12 heteroatoms. The third-order valence-electron chi connectivity index (χ3n) is 6.77. The SMILES string of the molecule is C=CC(=O)N1CCN(CCCn2c(=O)c(-c3c(Cl)c(OC)cc(OC)c3Cl)cc3cnc(N(C)C)nc32)CC1. The maximum Gasteiger partial charge on any atom is 0.260 e. The average molecular weight is 575 g/mol. The second kappa shape index (κ2) is 12.2. The fraction of sp³-hybridized carbons (Fsp3) is 0.407. The van der Waals surface area contributed by atoms with E-state index < -0.39 is 0 Å². The maximum atomic E-state index is 14.0. The van der Waals surface area contributed by atoms with E-state index in [4.69, 9.17) is 32.7 Å². The van der Waals surface area contributed by atoms with Crippen LogP contribution >= 0.6 is 23.2 Å². The highest BCUT2D eigenvalue weighted by molar-refractivity contribution is 6.41. The van der Waals surface area contributed by atoms with Gasteiger partial charge in [0.05, 0.1) is 29.8 Å². The van der Waals surface area contributed by atoms with Crippen LogP contribution in [-0.2, 0) is 11.3 Å². The van der Waals surface area contributed by atoms with Crippen LogP contribution in [0.15, 0.2) is 35.8 Å². The van der Waals surface area contributed by atoms with E-state index in [1.807, 2.05) is 14.1 Å². The quantitative estimate of drug-likeness (QED) is 0.358. The topological polar surface area (TPSA) is 93.0 Å². The van der Waals surface area contributed by atoms with Gasteiger partial charge in [0.25, 0.3) is 5.56 Å². The number of piperazine rings is 1. The summed E-state index contributed by atoms with van der Waals surface area (Å²) in [5.41, 5.74) is 0.861. The molecule has 3 aromatic rings. The van der Waals surface area contributed by atoms with E-state index in [2.05, 4.69) is 21.4 Å². The smallest absolute Gasteiger partial charge is 0.260 e. The molecule has 1 aliphatic heterocycles. The van der Waals surface area contributed by atoms with E-state index in [0.717, 1.165) is 19.6 Å². The van der Waals surface area contributed by atoms with E-state index in [1.165, 1.54) is 20.3 Å². The Morgan fingerprint density at radius 3 is 2.28 bits per heavy atom. The van der Waals surface area contributed by atoms with Gasteiger partial charge in [-0.25, -0.2) is 4.98 Å². The number of fused-ring (bicyclic) bond motifs is 1. The zero-order valence-electron chi connectivity index (χ0n) is 22.5. The lowest BCUT2D eigenvalue weighted by molar-refractivity contribution is -0.127. The number of ether oxygens (including phenoxy) is 2. The second-order valence-corrected chi connectivity index (χ2v) is 10.1. The minimum atomic E-state index is -0.286. The number of pyridine rings is 1. The molecule has 0 aliphatic carbocycles. The fourth-order valence-electron chi connectivity index (χ4n) is 4.65. The number of halogens is 2. The molecule has 0 N–H and O–H groups in total. The van der Waals surface area contributed by atoms with Crippen molar-refractivity contribution in [3.63, 3.8) is 0 Å². The monoisotopic (exact) mass is 574 g/mol. The van der Waals surface area contributed by atoms with Gasteiger partial charge in [0.15, 0.2) is 0 Å². The Morgan fingerprint density at radius 2 is 1.72 bits per heavy atom. The molecule has 0 spiro atoms. The van der Waals surface area contributed by atoms with Crippen LogP contribution in [0.25, 0.3) is 22.2 Å². The number of hydrogen-bond donors (Lipinski definition) is 0. The lowest BCUT2D eigenvalue weighted by atomic mass is 10.0. The van der Waals surface area contributed by atoms with Crippen LogP contribution in [0.3, 0.4) is 0 Å². The number of carbonyl (C=O) groups is 1. The van der Waals surface area contributed by atoms with Crippen molar-refractivity contribution in [2.45, 2.75) is 13.0 Å². The van der Waals surface area contributed by atoms with Gasteiger partial charge in [0, 0.05) is 70.0 Å². The molecule has 0 unspecified atom stereocenters. The Morgan fingerprint density at radius 1 is 1.08 bits per heavy atom. The number of aryl methyl sites for hydroxylation is 1. The first-order chi connectivity index (χ1) is 18.7. The second-order valence-electron chi connectivity index (χ2n) is 9.37. The lowest BCUT2D eigenvalue weighted by Crippen LogP contribution is -2.48. The number of hydrogen-bond acceptors (Lipinski definition) is 8. The molecule has 39 heavy (non-hydrogen) atoms. The highest BCUT2D eigenvalue weighted by Gasteiger charge is 2.24. The molecular weight excluding hydrogens is 543 g/mol. The Hall–Kier alpha value is -3.34. The first kappa shape index (κ1) is 28.7. The van der Waals surface area contributed by atoms with Crippen LogP contribution in [0, 0.1) is 0 Å². The molecule has 1 amide bonds. The summed E-state index contributed by atoms with van der Waals surface area (Å²) in [5.74, 6) is 1.12. The van der Waals surface area contributed by atoms with Crippen molar-refractivity contribution >= 4 is 46.1 Å². The van der Waals surface area contributed by atoms with E-state index in [-0.39, 0.29) is 21.5 Å². The normalized spacial score (nSPS) is 13.9. The zero-order chi connectivity index (χ0) is 28.3. The van der Waals surface area contributed by atoms with Gasteiger partial charge >= 0.3 is 0 Å². The summed E-state index contributed by atoms with van der Waals surface area (Å²) in [6, 6.07) is 3.29. The molecule has 0 saturated carbocycles. The number of carbonyl (C=O) groups excluding carboxylic acids is 1. The summed E-state index contributed by atoms with van der Waals surface area (Å²) in [5, 5.41) is 1.09. The molecule has 0 radical (unpaired) electrons. The molecule has 3 heterocycles. The molecule has 208 valence electrons. The van der Waals surface area contributed by atoms with Gasteiger partial charge in [0.1, 0.15) is 17.1 Å². The molecule has 1 aliphatic rings. The van der Waals surface area contributed by atoms with Crippen molar-refractivity contribution in [2.75, 3.05) is 65.9 Å². The summed E-state index contributed by atoms with van der Waals surface area (Å²) in [6.45, 7) is 7.56. The number of nitrogens with zero attached hydrogens (tertiary/aromatic N) is 6. The van der Waals surface area contributed by atoms with E-state index in [9.17, 15) is 9.59 Å². The Kier molecular flexibility index (Phi) is 8.99. The highest BCUT2D eigenvalue weighted by atomic mass is 35.5. The third-order valence-corrected chi connectivity index (χ3v) is 7.52. The predicted octanol–water partition coefficient (Wildman–Crippen LogP) is 3.57. The number of aromatic nitrogens is 3. The van der Waals surface area contributed by atoms with Crippen molar-refractivity contribution < 1.29 is 14.3 Å². The summed E-state index contributed by atoms with van der Waals surface area (Å²) in [6.07, 6.45) is 3.73. The van der Waals surface area contributed by atoms with E-state index >= 15 is 0 Å². The highest BCUT2D eigenvalue weighted by Crippen LogP contribution is 2.45. The van der Waals surface area contributed by atoms with Crippen molar-refractivity contribution in [1.82, 2.24) is 24.3 Å². The molecule has 2 aromatic heterocycles. The van der Waals surface area contributed by atoms with Gasteiger partial charge in [-0.3, -0.25) is 19.1 Å². The summed E-state index contributed by atoms with van der Waals surface area (Å²) in [7, 11) is 6.66. The molecule has 1 saturated heterocycles. The number of rotatable bonds is 9. The van der Waals surface area contributed by atoms with E-state index in [1.54, 1.807) is 32.7 Å². The summed E-state index contributed by atoms with van der Waals surface area (Å²) in [4.78, 5) is 40.9. The Balaban J connectivity index is 1.73. The van der Waals surface area contributed by atoms with Crippen LogP contribution in [0.5, 0.6) is 11.5 Å².